The van der Waals surface area contributed by atoms with Gasteiger partial charge in [0.2, 0.25) is 0 Å². The predicted molar refractivity (Wildman–Crippen MR) is 72.2 cm³/mol. The maximum Gasteiger partial charge on any atom is 0.123 e. The van der Waals surface area contributed by atoms with Gasteiger partial charge in [0.1, 0.15) is 5.82 Å². The lowest BCUT2D eigenvalue weighted by atomic mass is 10.2. The van der Waals surface area contributed by atoms with Gasteiger partial charge in [-0.05, 0) is 31.9 Å². The van der Waals surface area contributed by atoms with E-state index >= 15 is 0 Å². The molecule has 1 aliphatic heterocycles. The minimum absolute atomic E-state index is 0.457. The van der Waals surface area contributed by atoms with E-state index in [0.29, 0.717) is 6.04 Å². The number of nitrogens with zero attached hydrogens (tertiary/aromatic N) is 2. The number of aryl methyl sites for hydroxylation is 1. The van der Waals surface area contributed by atoms with Crippen molar-refractivity contribution in [1.82, 2.24) is 14.9 Å². The molecule has 0 saturated carbocycles. The van der Waals surface area contributed by atoms with Gasteiger partial charge >= 0.3 is 0 Å². The highest BCUT2D eigenvalue weighted by atomic mass is 15.2. The molecule has 0 spiro atoms. The lowest BCUT2D eigenvalue weighted by Gasteiger charge is -2.22. The SMILES string of the molecule is Cc1cnc(C2CCCN2Cc2ccccc2)[nH]1. The fourth-order valence-electron chi connectivity index (χ4n) is 2.75. The molecule has 1 aromatic heterocycles. The van der Waals surface area contributed by atoms with Crippen LogP contribution in [0.4, 0.5) is 0 Å². The van der Waals surface area contributed by atoms with Crippen LogP contribution in [-0.2, 0) is 6.54 Å². The van der Waals surface area contributed by atoms with Crippen molar-refractivity contribution in [3.8, 4) is 0 Å². The fraction of sp³-hybridized carbons (Fsp3) is 0.400. The topological polar surface area (TPSA) is 31.9 Å². The molecule has 0 amide bonds. The Morgan fingerprint density at radius 2 is 2.17 bits per heavy atom. The van der Waals surface area contributed by atoms with Crippen molar-refractivity contribution in [1.29, 1.82) is 0 Å². The van der Waals surface area contributed by atoms with Gasteiger partial charge in [-0.15, -0.1) is 0 Å². The Morgan fingerprint density at radius 3 is 2.89 bits per heavy atom. The summed E-state index contributed by atoms with van der Waals surface area (Å²) in [5, 5.41) is 0. The predicted octanol–water partition coefficient (Wildman–Crippen LogP) is 3.06. The third kappa shape index (κ3) is 2.31. The van der Waals surface area contributed by atoms with Gasteiger partial charge < -0.3 is 4.98 Å². The number of aromatic amines is 1. The fourth-order valence-corrected chi connectivity index (χ4v) is 2.75. The number of imidazole rings is 1. The Labute approximate surface area is 108 Å². The molecule has 0 radical (unpaired) electrons. The normalized spacial score (nSPS) is 20.4. The first kappa shape index (κ1) is 11.5. The first-order chi connectivity index (χ1) is 8.83. The summed E-state index contributed by atoms with van der Waals surface area (Å²) in [6.07, 6.45) is 4.39. The van der Waals surface area contributed by atoms with E-state index in [0.717, 1.165) is 18.1 Å². The Bertz CT molecular complexity index is 503. The highest BCUT2D eigenvalue weighted by Gasteiger charge is 2.27. The summed E-state index contributed by atoms with van der Waals surface area (Å²) in [7, 11) is 0. The monoisotopic (exact) mass is 241 g/mol. The highest BCUT2D eigenvalue weighted by Crippen LogP contribution is 2.31. The van der Waals surface area contributed by atoms with Gasteiger partial charge in [-0.2, -0.15) is 0 Å². The van der Waals surface area contributed by atoms with E-state index in [4.69, 9.17) is 0 Å². The van der Waals surface area contributed by atoms with E-state index < -0.39 is 0 Å². The van der Waals surface area contributed by atoms with Crippen molar-refractivity contribution < 1.29 is 0 Å². The molecule has 1 N–H and O–H groups in total. The molecule has 3 nitrogen and oxygen atoms in total. The third-order valence-electron chi connectivity index (χ3n) is 3.63. The molecule has 0 aliphatic carbocycles. The zero-order valence-electron chi connectivity index (χ0n) is 10.8. The van der Waals surface area contributed by atoms with Crippen LogP contribution in [0.5, 0.6) is 0 Å². The molecule has 3 heteroatoms. The molecule has 1 atom stereocenters. The summed E-state index contributed by atoms with van der Waals surface area (Å²) in [5.74, 6) is 1.13. The van der Waals surface area contributed by atoms with Crippen LogP contribution >= 0.6 is 0 Å². The maximum absolute atomic E-state index is 4.49. The molecule has 1 aromatic carbocycles. The van der Waals surface area contributed by atoms with Crippen molar-refractivity contribution in [3.63, 3.8) is 0 Å². The van der Waals surface area contributed by atoms with Crippen molar-refractivity contribution in [2.24, 2.45) is 0 Å². The second-order valence-electron chi connectivity index (χ2n) is 5.07. The van der Waals surface area contributed by atoms with Crippen molar-refractivity contribution in [2.45, 2.75) is 32.4 Å². The smallest absolute Gasteiger partial charge is 0.123 e. The number of benzene rings is 1. The Kier molecular flexibility index (Phi) is 3.15. The number of H-pyrrole nitrogens is 1. The highest BCUT2D eigenvalue weighted by molar-refractivity contribution is 5.15. The Balaban J connectivity index is 1.75. The largest absolute Gasteiger partial charge is 0.345 e. The third-order valence-corrected chi connectivity index (χ3v) is 3.63. The van der Waals surface area contributed by atoms with Gasteiger partial charge in [0.25, 0.3) is 0 Å². The van der Waals surface area contributed by atoms with Gasteiger partial charge in [-0.25, -0.2) is 4.98 Å². The summed E-state index contributed by atoms with van der Waals surface area (Å²) in [6.45, 7) is 4.25. The summed E-state index contributed by atoms with van der Waals surface area (Å²) in [4.78, 5) is 10.4. The molecule has 1 unspecified atom stereocenters. The second-order valence-corrected chi connectivity index (χ2v) is 5.07. The molecule has 2 aromatic rings. The Hall–Kier alpha value is -1.61. The lowest BCUT2D eigenvalue weighted by Crippen LogP contribution is -2.23. The van der Waals surface area contributed by atoms with Crippen molar-refractivity contribution in [2.75, 3.05) is 6.54 Å². The van der Waals surface area contributed by atoms with Crippen LogP contribution in [0.2, 0.25) is 0 Å². The summed E-state index contributed by atoms with van der Waals surface area (Å²) in [5.41, 5.74) is 2.53. The molecule has 3 rings (SSSR count). The number of likely N-dealkylation sites (tertiary alicyclic amines) is 1. The quantitative estimate of drug-likeness (QED) is 0.895. The second kappa shape index (κ2) is 4.94. The lowest BCUT2D eigenvalue weighted by molar-refractivity contribution is 0.241. The molecule has 18 heavy (non-hydrogen) atoms. The standard InChI is InChI=1S/C15H19N3/c1-12-10-16-15(17-12)14-8-5-9-18(14)11-13-6-3-2-4-7-13/h2-4,6-7,10,14H,5,8-9,11H2,1H3,(H,16,17). The average molecular weight is 241 g/mol. The molecule has 1 saturated heterocycles. The molecular weight excluding hydrogens is 222 g/mol. The average Bonchev–Trinajstić information content (AvgIpc) is 2.99. The molecule has 0 bridgehead atoms. The molecule has 2 heterocycles. The summed E-state index contributed by atoms with van der Waals surface area (Å²) >= 11 is 0. The molecule has 94 valence electrons. The first-order valence-electron chi connectivity index (χ1n) is 6.62. The van der Waals surface area contributed by atoms with Gasteiger partial charge in [0.05, 0.1) is 6.04 Å². The minimum atomic E-state index is 0.457. The number of hydrogen-bond donors (Lipinski definition) is 1. The van der Waals surface area contributed by atoms with Crippen LogP contribution in [0.15, 0.2) is 36.5 Å². The molecule has 1 aliphatic rings. The number of aromatic nitrogens is 2. The number of hydrogen-bond acceptors (Lipinski definition) is 2. The minimum Gasteiger partial charge on any atom is -0.345 e. The van der Waals surface area contributed by atoms with E-state index in [1.54, 1.807) is 0 Å². The van der Waals surface area contributed by atoms with Crippen molar-refractivity contribution in [3.05, 3.63) is 53.6 Å². The van der Waals surface area contributed by atoms with Crippen molar-refractivity contribution >= 4 is 0 Å². The van der Waals surface area contributed by atoms with E-state index in [1.165, 1.54) is 24.9 Å². The van der Waals surface area contributed by atoms with Crippen LogP contribution in [0.25, 0.3) is 0 Å². The summed E-state index contributed by atoms with van der Waals surface area (Å²) in [6, 6.07) is 11.1. The van der Waals surface area contributed by atoms with Gasteiger partial charge in [-0.1, -0.05) is 30.3 Å². The van der Waals surface area contributed by atoms with E-state index in [2.05, 4.69) is 52.1 Å². The van der Waals surface area contributed by atoms with Gasteiger partial charge in [0, 0.05) is 18.4 Å². The number of rotatable bonds is 3. The van der Waals surface area contributed by atoms with E-state index in [-0.39, 0.29) is 0 Å². The molecule has 1 fully saturated rings. The number of nitrogens with one attached hydrogen (secondary N) is 1. The van der Waals surface area contributed by atoms with Crippen LogP contribution in [-0.4, -0.2) is 21.4 Å². The van der Waals surface area contributed by atoms with Crippen LogP contribution < -0.4 is 0 Å². The van der Waals surface area contributed by atoms with Crippen LogP contribution in [0.3, 0.4) is 0 Å². The van der Waals surface area contributed by atoms with Gasteiger partial charge in [-0.3, -0.25) is 4.90 Å². The zero-order valence-corrected chi connectivity index (χ0v) is 10.8. The molecular formula is C15H19N3. The van der Waals surface area contributed by atoms with Gasteiger partial charge in [0.15, 0.2) is 0 Å². The maximum atomic E-state index is 4.49. The summed E-state index contributed by atoms with van der Waals surface area (Å²) < 4.78 is 0. The Morgan fingerprint density at radius 1 is 1.33 bits per heavy atom. The van der Waals surface area contributed by atoms with E-state index in [1.807, 2.05) is 6.20 Å². The van der Waals surface area contributed by atoms with Crippen LogP contribution in [0.1, 0.15) is 36.0 Å². The van der Waals surface area contributed by atoms with Crippen LogP contribution in [0, 0.1) is 6.92 Å². The van der Waals surface area contributed by atoms with E-state index in [9.17, 15) is 0 Å². The zero-order chi connectivity index (χ0) is 12.4. The first-order valence-corrected chi connectivity index (χ1v) is 6.62.